The van der Waals surface area contributed by atoms with Crippen LogP contribution in [0, 0.1) is 17.6 Å². The zero-order valence-electron chi connectivity index (χ0n) is 13.3. The monoisotopic (exact) mass is 332 g/mol. The lowest BCUT2D eigenvalue weighted by Crippen LogP contribution is -2.30. The molecule has 2 heterocycles. The van der Waals surface area contributed by atoms with Crippen molar-refractivity contribution in [3.8, 4) is 0 Å². The fourth-order valence-electron chi connectivity index (χ4n) is 3.35. The molecule has 1 saturated carbocycles. The van der Waals surface area contributed by atoms with Gasteiger partial charge in [0.1, 0.15) is 11.6 Å². The van der Waals surface area contributed by atoms with E-state index in [9.17, 15) is 13.6 Å². The van der Waals surface area contributed by atoms with Gasteiger partial charge in [0.2, 0.25) is 5.91 Å². The topological polar surface area (TPSA) is 50.2 Å². The molecular weight excluding hydrogens is 314 g/mol. The van der Waals surface area contributed by atoms with E-state index in [0.29, 0.717) is 12.2 Å². The van der Waals surface area contributed by atoms with Gasteiger partial charge in [-0.1, -0.05) is 6.07 Å². The molecule has 2 atom stereocenters. The van der Waals surface area contributed by atoms with Crippen molar-refractivity contribution in [2.75, 3.05) is 18.9 Å². The van der Waals surface area contributed by atoms with E-state index < -0.39 is 23.5 Å². The molecule has 1 aliphatic carbocycles. The molecule has 0 saturated heterocycles. The molecule has 0 bridgehead atoms. The molecule has 2 aromatic rings. The van der Waals surface area contributed by atoms with E-state index in [0.717, 1.165) is 25.3 Å². The SMILES string of the molecule is CN1CCn2nc(NC(=O)[C@@H]3C[C@H]3c3c(F)cccc3F)cc2C1. The van der Waals surface area contributed by atoms with Crippen molar-refractivity contribution in [2.45, 2.75) is 25.4 Å². The molecule has 0 unspecified atom stereocenters. The Morgan fingerprint density at radius 1 is 1.29 bits per heavy atom. The highest BCUT2D eigenvalue weighted by molar-refractivity contribution is 5.94. The summed E-state index contributed by atoms with van der Waals surface area (Å²) in [4.78, 5) is 14.5. The molecule has 1 aliphatic heterocycles. The molecule has 0 spiro atoms. The van der Waals surface area contributed by atoms with E-state index >= 15 is 0 Å². The van der Waals surface area contributed by atoms with Crippen LogP contribution in [0.15, 0.2) is 24.3 Å². The number of carbonyl (C=O) groups excluding carboxylic acids is 1. The summed E-state index contributed by atoms with van der Waals surface area (Å²) in [6.07, 6.45) is 0.458. The van der Waals surface area contributed by atoms with Crippen molar-refractivity contribution in [1.29, 1.82) is 0 Å². The number of carbonyl (C=O) groups is 1. The highest BCUT2D eigenvalue weighted by Gasteiger charge is 2.46. The van der Waals surface area contributed by atoms with Gasteiger partial charge in [0.05, 0.1) is 12.2 Å². The molecule has 1 aromatic heterocycles. The van der Waals surface area contributed by atoms with Crippen LogP contribution in [0.25, 0.3) is 0 Å². The first-order valence-corrected chi connectivity index (χ1v) is 8.03. The van der Waals surface area contributed by atoms with Crippen LogP contribution < -0.4 is 5.32 Å². The Hall–Kier alpha value is -2.28. The van der Waals surface area contributed by atoms with Gasteiger partial charge >= 0.3 is 0 Å². The predicted molar refractivity (Wildman–Crippen MR) is 84.4 cm³/mol. The van der Waals surface area contributed by atoms with E-state index in [1.165, 1.54) is 18.2 Å². The standard InChI is InChI=1S/C17H18F2N4O/c1-22-5-6-23-10(9-22)7-15(21-23)20-17(24)12-8-11(12)16-13(18)3-2-4-14(16)19/h2-4,7,11-12H,5-6,8-9H2,1H3,(H,20,21,24)/t11-,12-/m1/s1. The Morgan fingerprint density at radius 3 is 2.79 bits per heavy atom. The van der Waals surface area contributed by atoms with Gasteiger partial charge in [-0.25, -0.2) is 8.78 Å². The average Bonchev–Trinajstić information content (AvgIpc) is 3.20. The van der Waals surface area contributed by atoms with Crippen LogP contribution >= 0.6 is 0 Å². The third-order valence-electron chi connectivity index (χ3n) is 4.74. The van der Waals surface area contributed by atoms with Crippen LogP contribution in [0.2, 0.25) is 0 Å². The van der Waals surface area contributed by atoms with Gasteiger partial charge in [0, 0.05) is 36.6 Å². The first-order valence-electron chi connectivity index (χ1n) is 8.03. The molecule has 1 aromatic carbocycles. The van der Waals surface area contributed by atoms with Crippen LogP contribution in [0.4, 0.5) is 14.6 Å². The number of hydrogen-bond donors (Lipinski definition) is 1. The van der Waals surface area contributed by atoms with Gasteiger partial charge in [-0.3, -0.25) is 14.4 Å². The van der Waals surface area contributed by atoms with E-state index in [1.807, 2.05) is 17.8 Å². The van der Waals surface area contributed by atoms with Gasteiger partial charge in [0.15, 0.2) is 5.82 Å². The van der Waals surface area contributed by atoms with Gasteiger partial charge < -0.3 is 5.32 Å². The summed E-state index contributed by atoms with van der Waals surface area (Å²) >= 11 is 0. The molecule has 1 amide bonds. The van der Waals surface area contributed by atoms with Crippen LogP contribution in [0.1, 0.15) is 23.6 Å². The van der Waals surface area contributed by atoms with Gasteiger partial charge in [-0.05, 0) is 25.6 Å². The van der Waals surface area contributed by atoms with Crippen LogP contribution in [0.3, 0.4) is 0 Å². The third-order valence-corrected chi connectivity index (χ3v) is 4.74. The number of likely N-dealkylation sites (N-methyl/N-ethyl adjacent to an activating group) is 1. The van der Waals surface area contributed by atoms with Gasteiger partial charge in [0.25, 0.3) is 0 Å². The van der Waals surface area contributed by atoms with Crippen molar-refractivity contribution in [2.24, 2.45) is 5.92 Å². The number of hydrogen-bond acceptors (Lipinski definition) is 3. The van der Waals surface area contributed by atoms with Gasteiger partial charge in [-0.2, -0.15) is 5.10 Å². The maximum atomic E-state index is 13.8. The summed E-state index contributed by atoms with van der Waals surface area (Å²) in [5, 5.41) is 7.16. The summed E-state index contributed by atoms with van der Waals surface area (Å²) in [5.41, 5.74) is 1.06. The number of amides is 1. The maximum absolute atomic E-state index is 13.8. The first-order chi connectivity index (χ1) is 11.5. The quantitative estimate of drug-likeness (QED) is 0.939. The fraction of sp³-hybridized carbons (Fsp3) is 0.412. The lowest BCUT2D eigenvalue weighted by molar-refractivity contribution is -0.117. The van der Waals surface area contributed by atoms with Crippen LogP contribution in [0.5, 0.6) is 0 Å². The highest BCUT2D eigenvalue weighted by Crippen LogP contribution is 2.49. The highest BCUT2D eigenvalue weighted by atomic mass is 19.1. The van der Waals surface area contributed by atoms with Gasteiger partial charge in [-0.15, -0.1) is 0 Å². The lowest BCUT2D eigenvalue weighted by Gasteiger charge is -2.22. The maximum Gasteiger partial charge on any atom is 0.229 e. The second-order valence-corrected chi connectivity index (χ2v) is 6.56. The second kappa shape index (κ2) is 5.66. The van der Waals surface area contributed by atoms with E-state index in [4.69, 9.17) is 0 Å². The minimum absolute atomic E-state index is 0.0170. The molecule has 5 nitrogen and oxygen atoms in total. The summed E-state index contributed by atoms with van der Waals surface area (Å²) < 4.78 is 29.5. The largest absolute Gasteiger partial charge is 0.309 e. The summed E-state index contributed by atoms with van der Waals surface area (Å²) in [6.45, 7) is 2.49. The van der Waals surface area contributed by atoms with Crippen molar-refractivity contribution < 1.29 is 13.6 Å². The number of rotatable bonds is 3. The fourth-order valence-corrected chi connectivity index (χ4v) is 3.35. The number of halogens is 2. The third kappa shape index (κ3) is 2.69. The Labute approximate surface area is 138 Å². The van der Waals surface area contributed by atoms with Crippen molar-refractivity contribution in [1.82, 2.24) is 14.7 Å². The van der Waals surface area contributed by atoms with Crippen LogP contribution in [-0.4, -0.2) is 34.2 Å². The Balaban J connectivity index is 1.45. The number of anilines is 1. The van der Waals surface area contributed by atoms with Crippen LogP contribution in [-0.2, 0) is 17.9 Å². The summed E-state index contributed by atoms with van der Waals surface area (Å²) in [5.74, 6) is -1.70. The van der Waals surface area contributed by atoms with Crippen molar-refractivity contribution >= 4 is 11.7 Å². The number of nitrogens with one attached hydrogen (secondary N) is 1. The van der Waals surface area contributed by atoms with E-state index in [-0.39, 0.29) is 11.5 Å². The number of benzene rings is 1. The second-order valence-electron chi connectivity index (χ2n) is 6.56. The minimum Gasteiger partial charge on any atom is -0.309 e. The molecule has 1 N–H and O–H groups in total. The number of aromatic nitrogens is 2. The summed E-state index contributed by atoms with van der Waals surface area (Å²) in [6, 6.07) is 5.64. The Morgan fingerprint density at radius 2 is 2.04 bits per heavy atom. The smallest absolute Gasteiger partial charge is 0.229 e. The minimum atomic E-state index is -0.587. The molecule has 126 valence electrons. The molecule has 1 fully saturated rings. The summed E-state index contributed by atoms with van der Waals surface area (Å²) in [7, 11) is 2.03. The number of fused-ring (bicyclic) bond motifs is 1. The zero-order chi connectivity index (χ0) is 16.8. The lowest BCUT2D eigenvalue weighted by atomic mass is 10.1. The molecule has 4 rings (SSSR count). The van der Waals surface area contributed by atoms with E-state index in [2.05, 4.69) is 15.3 Å². The predicted octanol–water partition coefficient (Wildman–Crippen LogP) is 2.35. The van der Waals surface area contributed by atoms with E-state index in [1.54, 1.807) is 0 Å². The molecule has 7 heteroatoms. The average molecular weight is 332 g/mol. The normalized spacial score (nSPS) is 23.0. The Bertz CT molecular complexity index is 784. The molecule has 0 radical (unpaired) electrons. The first kappa shape index (κ1) is 15.3. The molecule has 2 aliphatic rings. The zero-order valence-corrected chi connectivity index (χ0v) is 13.3. The molecular formula is C17H18F2N4O. The van der Waals surface area contributed by atoms with Crippen molar-refractivity contribution in [3.05, 3.63) is 47.2 Å². The Kier molecular flexibility index (Phi) is 3.60. The molecule has 24 heavy (non-hydrogen) atoms. The van der Waals surface area contributed by atoms with Crippen molar-refractivity contribution in [3.63, 3.8) is 0 Å². The number of nitrogens with zero attached hydrogens (tertiary/aromatic N) is 3.